The van der Waals surface area contributed by atoms with Gasteiger partial charge in [-0.2, -0.15) is 17.7 Å². The van der Waals surface area contributed by atoms with Crippen molar-refractivity contribution in [2.75, 3.05) is 18.5 Å². The molecule has 0 fully saturated rings. The fourth-order valence-corrected chi connectivity index (χ4v) is 1.67. The van der Waals surface area contributed by atoms with Crippen molar-refractivity contribution < 1.29 is 13.2 Å². The van der Waals surface area contributed by atoms with Gasteiger partial charge in [-0.25, -0.2) is 0 Å². The number of nitrogens with zero attached hydrogens (tertiary/aromatic N) is 5. The van der Waals surface area contributed by atoms with Gasteiger partial charge < -0.3 is 4.90 Å². The van der Waals surface area contributed by atoms with Crippen LogP contribution in [0.4, 0.5) is 19.0 Å². The van der Waals surface area contributed by atoms with Gasteiger partial charge in [-0.15, -0.1) is 15.3 Å². The fourth-order valence-electron chi connectivity index (χ4n) is 1.67. The number of rotatable bonds is 4. The molecule has 0 amide bonds. The highest BCUT2D eigenvalue weighted by molar-refractivity contribution is 5.45. The molecule has 0 radical (unpaired) electrons. The predicted octanol–water partition coefficient (Wildman–Crippen LogP) is 2.38. The smallest absolute Gasteiger partial charge is 0.358 e. The van der Waals surface area contributed by atoms with E-state index in [1.165, 1.54) is 6.07 Å². The molecule has 0 aromatic carbocycles. The molecule has 5 nitrogen and oxygen atoms in total. The summed E-state index contributed by atoms with van der Waals surface area (Å²) in [4.78, 5) is 1.81. The van der Waals surface area contributed by atoms with Crippen LogP contribution in [0.25, 0.3) is 5.65 Å². The van der Waals surface area contributed by atoms with Crippen molar-refractivity contribution in [3.8, 4) is 0 Å². The summed E-state index contributed by atoms with van der Waals surface area (Å²) < 4.78 is 38.9. The van der Waals surface area contributed by atoms with E-state index < -0.39 is 12.0 Å². The summed E-state index contributed by atoms with van der Waals surface area (Å²) in [5.74, 6) is -0.639. The lowest BCUT2D eigenvalue weighted by Gasteiger charge is -2.17. The molecule has 2 heterocycles. The molecule has 19 heavy (non-hydrogen) atoms. The van der Waals surface area contributed by atoms with Gasteiger partial charge in [0.05, 0.1) is 0 Å². The number of halogens is 3. The number of fused-ring (bicyclic) bond motifs is 1. The highest BCUT2D eigenvalue weighted by atomic mass is 19.4. The lowest BCUT2D eigenvalue weighted by molar-refractivity contribution is -0.146. The Kier molecular flexibility index (Phi) is 3.59. The minimum Gasteiger partial charge on any atom is -0.358 e. The van der Waals surface area contributed by atoms with Gasteiger partial charge in [0.15, 0.2) is 5.65 Å². The predicted molar refractivity (Wildman–Crippen MR) is 64.0 cm³/mol. The molecule has 2 rings (SSSR count). The normalized spacial score (nSPS) is 12.1. The van der Waals surface area contributed by atoms with Crippen molar-refractivity contribution in [2.45, 2.75) is 25.9 Å². The van der Waals surface area contributed by atoms with Gasteiger partial charge in [0, 0.05) is 13.6 Å². The van der Waals surface area contributed by atoms with Crippen molar-refractivity contribution in [1.82, 2.24) is 19.8 Å². The van der Waals surface area contributed by atoms with Crippen molar-refractivity contribution in [3.63, 3.8) is 0 Å². The maximum absolute atomic E-state index is 12.7. The largest absolute Gasteiger partial charge is 0.453 e. The summed E-state index contributed by atoms with van der Waals surface area (Å²) in [7, 11) is 1.79. The molecule has 0 aliphatic rings. The Balaban J connectivity index is 2.38. The Bertz CT molecular complexity index is 563. The van der Waals surface area contributed by atoms with Gasteiger partial charge >= 0.3 is 6.18 Å². The first kappa shape index (κ1) is 13.6. The van der Waals surface area contributed by atoms with E-state index in [4.69, 9.17) is 0 Å². The van der Waals surface area contributed by atoms with Crippen LogP contribution in [-0.2, 0) is 6.18 Å². The number of aromatic nitrogens is 4. The minimum absolute atomic E-state index is 0.0833. The third kappa shape index (κ3) is 2.77. The lowest BCUT2D eigenvalue weighted by Crippen LogP contribution is -2.21. The Morgan fingerprint density at radius 3 is 2.63 bits per heavy atom. The van der Waals surface area contributed by atoms with Gasteiger partial charge in [0.1, 0.15) is 5.82 Å². The topological polar surface area (TPSA) is 46.3 Å². The number of unbranched alkanes of at least 4 members (excludes halogenated alkanes) is 1. The van der Waals surface area contributed by atoms with Crippen LogP contribution in [-0.4, -0.2) is 33.4 Å². The summed E-state index contributed by atoms with van der Waals surface area (Å²) in [6, 6.07) is 3.12. The Morgan fingerprint density at radius 1 is 1.26 bits per heavy atom. The minimum atomic E-state index is -4.56. The highest BCUT2D eigenvalue weighted by Gasteiger charge is 2.37. The van der Waals surface area contributed by atoms with E-state index in [2.05, 4.69) is 15.3 Å². The lowest BCUT2D eigenvalue weighted by atomic mass is 10.3. The molecule has 0 N–H and O–H groups in total. The van der Waals surface area contributed by atoms with Crippen LogP contribution in [0.1, 0.15) is 25.6 Å². The SMILES string of the molecule is CCCCN(C)c1ccc2nnc(C(F)(F)F)n2n1. The number of hydrogen-bond donors (Lipinski definition) is 0. The third-order valence-corrected chi connectivity index (χ3v) is 2.74. The average Bonchev–Trinajstić information content (AvgIpc) is 2.78. The van der Waals surface area contributed by atoms with Crippen LogP contribution in [0.15, 0.2) is 12.1 Å². The Hall–Kier alpha value is -1.86. The van der Waals surface area contributed by atoms with Crippen molar-refractivity contribution >= 4 is 11.5 Å². The molecule has 0 spiro atoms. The number of alkyl halides is 3. The van der Waals surface area contributed by atoms with E-state index in [1.807, 2.05) is 11.8 Å². The van der Waals surface area contributed by atoms with Crippen LogP contribution < -0.4 is 4.90 Å². The molecular weight excluding hydrogens is 259 g/mol. The summed E-state index contributed by atoms with van der Waals surface area (Å²) in [5.41, 5.74) is 0.0833. The van der Waals surface area contributed by atoms with Gasteiger partial charge in [0.2, 0.25) is 0 Å². The zero-order chi connectivity index (χ0) is 14.0. The van der Waals surface area contributed by atoms with Crippen LogP contribution in [0.2, 0.25) is 0 Å². The van der Waals surface area contributed by atoms with Gasteiger partial charge in [-0.05, 0) is 18.6 Å². The van der Waals surface area contributed by atoms with Gasteiger partial charge in [-0.3, -0.25) is 0 Å². The molecular formula is C11H14F3N5. The van der Waals surface area contributed by atoms with E-state index >= 15 is 0 Å². The molecule has 0 unspecified atom stereocenters. The van der Waals surface area contributed by atoms with Crippen LogP contribution in [0.3, 0.4) is 0 Å². The second kappa shape index (κ2) is 5.02. The van der Waals surface area contributed by atoms with Crippen LogP contribution >= 0.6 is 0 Å². The maximum atomic E-state index is 12.7. The third-order valence-electron chi connectivity index (χ3n) is 2.74. The Labute approximate surface area is 108 Å². The first-order valence-corrected chi connectivity index (χ1v) is 5.94. The van der Waals surface area contributed by atoms with Gasteiger partial charge in [0.25, 0.3) is 5.82 Å². The van der Waals surface area contributed by atoms with Crippen molar-refractivity contribution in [2.24, 2.45) is 0 Å². The molecule has 2 aromatic rings. The molecule has 0 bridgehead atoms. The molecule has 0 aliphatic heterocycles. The van der Waals surface area contributed by atoms with Crippen molar-refractivity contribution in [3.05, 3.63) is 18.0 Å². The maximum Gasteiger partial charge on any atom is 0.453 e. The average molecular weight is 273 g/mol. The monoisotopic (exact) mass is 273 g/mol. The Morgan fingerprint density at radius 2 is 2.00 bits per heavy atom. The van der Waals surface area contributed by atoms with Crippen LogP contribution in [0.5, 0.6) is 0 Å². The molecule has 104 valence electrons. The van der Waals surface area contributed by atoms with Crippen molar-refractivity contribution in [1.29, 1.82) is 0 Å². The quantitative estimate of drug-likeness (QED) is 0.858. The second-order valence-corrected chi connectivity index (χ2v) is 4.26. The molecule has 2 aromatic heterocycles. The highest BCUT2D eigenvalue weighted by Crippen LogP contribution is 2.27. The van der Waals surface area contributed by atoms with Crippen LogP contribution in [0, 0.1) is 0 Å². The van der Waals surface area contributed by atoms with E-state index in [-0.39, 0.29) is 5.65 Å². The van der Waals surface area contributed by atoms with E-state index in [0.29, 0.717) is 5.82 Å². The zero-order valence-corrected chi connectivity index (χ0v) is 10.6. The van der Waals surface area contributed by atoms with E-state index in [1.54, 1.807) is 13.1 Å². The first-order chi connectivity index (χ1) is 8.93. The van der Waals surface area contributed by atoms with E-state index in [9.17, 15) is 13.2 Å². The first-order valence-electron chi connectivity index (χ1n) is 5.94. The second-order valence-electron chi connectivity index (χ2n) is 4.26. The summed E-state index contributed by atoms with van der Waals surface area (Å²) in [6.45, 7) is 2.78. The summed E-state index contributed by atoms with van der Waals surface area (Å²) in [6.07, 6.45) is -2.61. The standard InChI is InChI=1S/C11H14F3N5/c1-3-4-7-18(2)9-6-5-8-15-16-10(11(12,13)14)19(8)17-9/h5-6H,3-4,7H2,1-2H3. The molecule has 8 heteroatoms. The van der Waals surface area contributed by atoms with E-state index in [0.717, 1.165) is 23.9 Å². The molecule has 0 saturated heterocycles. The molecule has 0 aliphatic carbocycles. The summed E-state index contributed by atoms with van der Waals surface area (Å²) >= 11 is 0. The molecule has 0 atom stereocenters. The summed E-state index contributed by atoms with van der Waals surface area (Å²) in [5, 5.41) is 10.5. The zero-order valence-electron chi connectivity index (χ0n) is 10.6. The number of anilines is 1. The fraction of sp³-hybridized carbons (Fsp3) is 0.545. The number of hydrogen-bond acceptors (Lipinski definition) is 4. The van der Waals surface area contributed by atoms with Gasteiger partial charge in [-0.1, -0.05) is 13.3 Å². The molecule has 0 saturated carbocycles.